The zero-order valence-electron chi connectivity index (χ0n) is 13.4. The van der Waals surface area contributed by atoms with E-state index in [1.54, 1.807) is 6.20 Å². The predicted octanol–water partition coefficient (Wildman–Crippen LogP) is 2.12. The minimum Gasteiger partial charge on any atom is -0.352 e. The lowest BCUT2D eigenvalue weighted by Crippen LogP contribution is -2.32. The molecule has 1 fully saturated rings. The molecule has 3 heterocycles. The minimum absolute atomic E-state index is 0.0825. The number of rotatable bonds is 3. The molecule has 1 aliphatic carbocycles. The summed E-state index contributed by atoms with van der Waals surface area (Å²) in [7, 11) is 0. The molecular weight excluding hydrogens is 304 g/mol. The number of hydrogen-bond donors (Lipinski definition) is 2. The van der Waals surface area contributed by atoms with Gasteiger partial charge in [-0.05, 0) is 24.8 Å². The Morgan fingerprint density at radius 1 is 1.46 bits per heavy atom. The van der Waals surface area contributed by atoms with Gasteiger partial charge in [0.15, 0.2) is 11.3 Å². The molecule has 1 amide bonds. The van der Waals surface area contributed by atoms with E-state index in [-0.39, 0.29) is 18.4 Å². The summed E-state index contributed by atoms with van der Waals surface area (Å²) in [6, 6.07) is 4.01. The minimum atomic E-state index is -0.189. The number of amides is 1. The average molecular weight is 322 g/mol. The molecule has 7 heteroatoms. The van der Waals surface area contributed by atoms with Crippen LogP contribution in [-0.2, 0) is 4.79 Å². The Kier molecular flexibility index (Phi) is 3.45. The van der Waals surface area contributed by atoms with Gasteiger partial charge in [-0.25, -0.2) is 9.97 Å². The number of imidazole rings is 1. The molecule has 0 saturated heterocycles. The Bertz CT molecular complexity index is 949. The molecular formula is C17H18N6O. The lowest BCUT2D eigenvalue weighted by atomic mass is 9.95. The van der Waals surface area contributed by atoms with Crippen molar-refractivity contribution in [2.24, 2.45) is 5.92 Å². The van der Waals surface area contributed by atoms with Gasteiger partial charge in [-0.3, -0.25) is 9.20 Å². The predicted molar refractivity (Wildman–Crippen MR) is 88.1 cm³/mol. The van der Waals surface area contributed by atoms with E-state index in [0.717, 1.165) is 35.3 Å². The van der Waals surface area contributed by atoms with Crippen molar-refractivity contribution in [1.29, 1.82) is 5.26 Å². The van der Waals surface area contributed by atoms with Crippen LogP contribution < -0.4 is 5.32 Å². The van der Waals surface area contributed by atoms with E-state index in [9.17, 15) is 4.79 Å². The second-order valence-electron chi connectivity index (χ2n) is 6.50. The molecule has 0 aliphatic heterocycles. The summed E-state index contributed by atoms with van der Waals surface area (Å²) in [6.45, 7) is 2.20. The first-order valence-electron chi connectivity index (χ1n) is 8.13. The molecule has 24 heavy (non-hydrogen) atoms. The van der Waals surface area contributed by atoms with Crippen molar-refractivity contribution >= 4 is 22.7 Å². The number of carbonyl (C=O) groups is 1. The summed E-state index contributed by atoms with van der Waals surface area (Å²) in [5.41, 5.74) is 3.85. The van der Waals surface area contributed by atoms with Gasteiger partial charge < -0.3 is 10.3 Å². The second-order valence-corrected chi connectivity index (χ2v) is 6.50. The van der Waals surface area contributed by atoms with Gasteiger partial charge in [-0.1, -0.05) is 6.92 Å². The van der Waals surface area contributed by atoms with Crippen LogP contribution in [0.3, 0.4) is 0 Å². The fourth-order valence-electron chi connectivity index (χ4n) is 3.88. The Morgan fingerprint density at radius 2 is 2.33 bits per heavy atom. The summed E-state index contributed by atoms with van der Waals surface area (Å²) in [5, 5.41) is 11.6. The molecule has 2 N–H and O–H groups in total. The maximum absolute atomic E-state index is 11.7. The number of H-pyrrole nitrogens is 1. The summed E-state index contributed by atoms with van der Waals surface area (Å²) in [6.07, 6.45) is 7.26. The number of nitrogens with one attached hydrogen (secondary N) is 2. The van der Waals surface area contributed by atoms with Crippen LogP contribution in [0, 0.1) is 17.2 Å². The monoisotopic (exact) mass is 322 g/mol. The highest BCUT2D eigenvalue weighted by Crippen LogP contribution is 2.40. The fraction of sp³-hybridized carbons (Fsp3) is 0.412. The van der Waals surface area contributed by atoms with Gasteiger partial charge in [0.25, 0.3) is 0 Å². The zero-order valence-corrected chi connectivity index (χ0v) is 13.4. The number of aromatic nitrogens is 4. The van der Waals surface area contributed by atoms with Gasteiger partial charge in [-0.15, -0.1) is 0 Å². The van der Waals surface area contributed by atoms with E-state index in [2.05, 4.69) is 31.6 Å². The number of carbonyl (C=O) groups excluding carboxylic acids is 1. The molecule has 0 unspecified atom stereocenters. The molecule has 0 aromatic carbocycles. The topological polar surface area (TPSA) is 98.9 Å². The summed E-state index contributed by atoms with van der Waals surface area (Å²) >= 11 is 0. The maximum atomic E-state index is 11.7. The largest absolute Gasteiger partial charge is 0.352 e. The van der Waals surface area contributed by atoms with Gasteiger partial charge >= 0.3 is 0 Å². The van der Waals surface area contributed by atoms with Crippen LogP contribution >= 0.6 is 0 Å². The van der Waals surface area contributed by atoms with Crippen molar-refractivity contribution in [2.45, 2.75) is 38.1 Å². The highest BCUT2D eigenvalue weighted by molar-refractivity contribution is 5.78. The fourth-order valence-corrected chi connectivity index (χ4v) is 3.88. The molecule has 7 nitrogen and oxygen atoms in total. The molecule has 3 atom stereocenters. The molecule has 0 bridgehead atoms. The van der Waals surface area contributed by atoms with Crippen molar-refractivity contribution in [3.8, 4) is 6.07 Å². The van der Waals surface area contributed by atoms with Crippen molar-refractivity contribution in [2.75, 3.05) is 0 Å². The van der Waals surface area contributed by atoms with Gasteiger partial charge in [0.1, 0.15) is 6.42 Å². The standard InChI is InChI=1S/C17H18N6O/c1-10-6-11(22-16(24)2-4-18)7-12(10)14-8-20-15-9-21-17-13(23(14)15)3-5-19-17/h3,5,8-12,19H,2,6-7H2,1H3,(H,22,24)/t10-,11+,12+/m1/s1. The van der Waals surface area contributed by atoms with Crippen LogP contribution in [0.4, 0.5) is 0 Å². The highest BCUT2D eigenvalue weighted by Gasteiger charge is 2.35. The maximum Gasteiger partial charge on any atom is 0.234 e. The Balaban J connectivity index is 1.67. The summed E-state index contributed by atoms with van der Waals surface area (Å²) in [4.78, 5) is 23.7. The third-order valence-electron chi connectivity index (χ3n) is 4.94. The van der Waals surface area contributed by atoms with E-state index >= 15 is 0 Å². The van der Waals surface area contributed by atoms with E-state index in [1.165, 1.54) is 0 Å². The number of aromatic amines is 1. The second kappa shape index (κ2) is 5.64. The third-order valence-corrected chi connectivity index (χ3v) is 4.94. The smallest absolute Gasteiger partial charge is 0.234 e. The quantitative estimate of drug-likeness (QED) is 0.771. The average Bonchev–Trinajstić information content (AvgIpc) is 3.24. The summed E-state index contributed by atoms with van der Waals surface area (Å²) in [5.74, 6) is 0.554. The normalized spacial score (nSPS) is 23.6. The van der Waals surface area contributed by atoms with Crippen LogP contribution in [-0.4, -0.2) is 31.3 Å². The molecule has 3 aromatic heterocycles. The lowest BCUT2D eigenvalue weighted by molar-refractivity contribution is -0.120. The van der Waals surface area contributed by atoms with Gasteiger partial charge in [0.2, 0.25) is 5.91 Å². The molecule has 122 valence electrons. The van der Waals surface area contributed by atoms with Crippen LogP contribution in [0.5, 0.6) is 0 Å². The molecule has 0 radical (unpaired) electrons. The third kappa shape index (κ3) is 2.31. The Morgan fingerprint density at radius 3 is 3.17 bits per heavy atom. The van der Waals surface area contributed by atoms with Crippen LogP contribution in [0.2, 0.25) is 0 Å². The van der Waals surface area contributed by atoms with Crippen molar-refractivity contribution in [3.63, 3.8) is 0 Å². The van der Waals surface area contributed by atoms with Gasteiger partial charge in [-0.2, -0.15) is 5.26 Å². The molecule has 1 aliphatic rings. The highest BCUT2D eigenvalue weighted by atomic mass is 16.1. The zero-order chi connectivity index (χ0) is 16.7. The Hall–Kier alpha value is -2.88. The Labute approximate surface area is 138 Å². The molecule has 4 rings (SSSR count). The van der Waals surface area contributed by atoms with Crippen LogP contribution in [0.25, 0.3) is 16.8 Å². The first kappa shape index (κ1) is 14.7. The van der Waals surface area contributed by atoms with Gasteiger partial charge in [0.05, 0.1) is 17.8 Å². The molecule has 3 aromatic rings. The van der Waals surface area contributed by atoms with Crippen molar-refractivity contribution < 1.29 is 4.79 Å². The van der Waals surface area contributed by atoms with E-state index in [0.29, 0.717) is 11.8 Å². The number of hydrogen-bond acceptors (Lipinski definition) is 4. The van der Waals surface area contributed by atoms with Crippen LogP contribution in [0.1, 0.15) is 37.8 Å². The number of nitrogens with zero attached hydrogens (tertiary/aromatic N) is 4. The first-order valence-corrected chi connectivity index (χ1v) is 8.13. The number of fused-ring (bicyclic) bond motifs is 3. The van der Waals surface area contributed by atoms with Gasteiger partial charge in [0, 0.05) is 30.0 Å². The van der Waals surface area contributed by atoms with Crippen molar-refractivity contribution in [1.82, 2.24) is 24.7 Å². The van der Waals surface area contributed by atoms with Crippen molar-refractivity contribution in [3.05, 3.63) is 30.4 Å². The van der Waals surface area contributed by atoms with E-state index in [4.69, 9.17) is 5.26 Å². The SMILES string of the molecule is C[C@@H]1C[C@H](NC(=O)CC#N)C[C@@H]1c1cnc2cnc3[nH]ccc3n12. The first-order chi connectivity index (χ1) is 11.7. The van der Waals surface area contributed by atoms with Crippen LogP contribution in [0.15, 0.2) is 24.7 Å². The lowest BCUT2D eigenvalue weighted by Gasteiger charge is -2.15. The molecule has 0 spiro atoms. The van der Waals surface area contributed by atoms with E-state index < -0.39 is 0 Å². The number of nitriles is 1. The van der Waals surface area contributed by atoms with E-state index in [1.807, 2.05) is 24.5 Å². The summed E-state index contributed by atoms with van der Waals surface area (Å²) < 4.78 is 2.15. The molecule has 1 saturated carbocycles.